The van der Waals surface area contributed by atoms with Crippen LogP contribution in [0.4, 0.5) is 11.4 Å². The SMILES string of the molecule is O=[N+]([O-])c1ccc(N2CCC(CO)C2)c(I)c1. The van der Waals surface area contributed by atoms with E-state index in [-0.39, 0.29) is 17.2 Å². The average molecular weight is 348 g/mol. The maximum absolute atomic E-state index is 10.6. The number of nitrogens with zero attached hydrogens (tertiary/aromatic N) is 2. The average Bonchev–Trinajstić information content (AvgIpc) is 2.77. The molecule has 1 aromatic rings. The monoisotopic (exact) mass is 348 g/mol. The number of aliphatic hydroxyl groups excluding tert-OH is 1. The Hall–Kier alpha value is -0.890. The van der Waals surface area contributed by atoms with Crippen molar-refractivity contribution in [2.45, 2.75) is 6.42 Å². The van der Waals surface area contributed by atoms with Crippen molar-refractivity contribution in [1.29, 1.82) is 0 Å². The van der Waals surface area contributed by atoms with E-state index in [2.05, 4.69) is 27.5 Å². The van der Waals surface area contributed by atoms with E-state index in [0.29, 0.717) is 5.92 Å². The van der Waals surface area contributed by atoms with Crippen molar-refractivity contribution >= 4 is 34.0 Å². The molecule has 0 saturated carbocycles. The quantitative estimate of drug-likeness (QED) is 0.516. The summed E-state index contributed by atoms with van der Waals surface area (Å²) < 4.78 is 0.885. The first-order chi connectivity index (χ1) is 8.11. The van der Waals surface area contributed by atoms with Crippen LogP contribution in [0.3, 0.4) is 0 Å². The van der Waals surface area contributed by atoms with Crippen LogP contribution in [0.2, 0.25) is 0 Å². The Morgan fingerprint density at radius 1 is 1.59 bits per heavy atom. The summed E-state index contributed by atoms with van der Waals surface area (Å²) in [5.74, 6) is 0.320. The van der Waals surface area contributed by atoms with Gasteiger partial charge in [0.2, 0.25) is 0 Å². The molecule has 1 fully saturated rings. The highest BCUT2D eigenvalue weighted by Crippen LogP contribution is 2.30. The second-order valence-corrected chi connectivity index (χ2v) is 5.34. The molecule has 1 unspecified atom stereocenters. The summed E-state index contributed by atoms with van der Waals surface area (Å²) in [4.78, 5) is 12.4. The minimum absolute atomic E-state index is 0.121. The first-order valence-corrected chi connectivity index (χ1v) is 6.49. The Morgan fingerprint density at radius 2 is 2.35 bits per heavy atom. The minimum atomic E-state index is -0.382. The van der Waals surface area contributed by atoms with E-state index in [1.165, 1.54) is 6.07 Å². The van der Waals surface area contributed by atoms with E-state index in [1.807, 2.05) is 0 Å². The van der Waals surface area contributed by atoms with Crippen LogP contribution in [-0.2, 0) is 0 Å². The Balaban J connectivity index is 2.20. The highest BCUT2D eigenvalue weighted by molar-refractivity contribution is 14.1. The zero-order chi connectivity index (χ0) is 12.4. The van der Waals surface area contributed by atoms with E-state index in [0.717, 1.165) is 28.8 Å². The molecule has 0 bridgehead atoms. The number of anilines is 1. The molecule has 1 aromatic carbocycles. The number of rotatable bonds is 3. The number of nitro groups is 1. The zero-order valence-corrected chi connectivity index (χ0v) is 11.3. The number of aliphatic hydroxyl groups is 1. The Bertz CT molecular complexity index is 439. The standard InChI is InChI=1S/C11H13IN2O3/c12-10-5-9(14(16)17)1-2-11(10)13-4-3-8(6-13)7-15/h1-2,5,8,15H,3-4,6-7H2. The Kier molecular flexibility index (Phi) is 3.82. The van der Waals surface area contributed by atoms with Gasteiger partial charge in [-0.3, -0.25) is 10.1 Å². The third kappa shape index (κ3) is 2.68. The van der Waals surface area contributed by atoms with Crippen LogP contribution in [0.5, 0.6) is 0 Å². The number of hydrogen-bond donors (Lipinski definition) is 1. The van der Waals surface area contributed by atoms with Crippen molar-refractivity contribution in [3.05, 3.63) is 31.9 Å². The first-order valence-electron chi connectivity index (χ1n) is 5.41. The van der Waals surface area contributed by atoms with Crippen LogP contribution >= 0.6 is 22.6 Å². The summed E-state index contributed by atoms with van der Waals surface area (Å²) in [5, 5.41) is 19.7. The molecule has 92 valence electrons. The normalized spacial score (nSPS) is 19.6. The second kappa shape index (κ2) is 5.18. The third-order valence-corrected chi connectivity index (χ3v) is 3.89. The van der Waals surface area contributed by atoms with Gasteiger partial charge in [0.1, 0.15) is 0 Å². The van der Waals surface area contributed by atoms with Crippen molar-refractivity contribution in [3.63, 3.8) is 0 Å². The molecule has 0 aromatic heterocycles. The van der Waals surface area contributed by atoms with Crippen LogP contribution in [0.1, 0.15) is 6.42 Å². The first kappa shape index (κ1) is 12.6. The third-order valence-electron chi connectivity index (χ3n) is 3.03. The lowest BCUT2D eigenvalue weighted by Crippen LogP contribution is -2.21. The van der Waals surface area contributed by atoms with Gasteiger partial charge in [0.05, 0.1) is 10.6 Å². The van der Waals surface area contributed by atoms with Crippen molar-refractivity contribution in [2.75, 3.05) is 24.6 Å². The van der Waals surface area contributed by atoms with E-state index >= 15 is 0 Å². The van der Waals surface area contributed by atoms with Crippen LogP contribution in [0.15, 0.2) is 18.2 Å². The molecule has 1 heterocycles. The fourth-order valence-corrected chi connectivity index (χ4v) is 2.91. The largest absolute Gasteiger partial charge is 0.396 e. The molecular weight excluding hydrogens is 335 g/mol. The van der Waals surface area contributed by atoms with Crippen LogP contribution in [-0.4, -0.2) is 29.7 Å². The molecule has 6 heteroatoms. The zero-order valence-electron chi connectivity index (χ0n) is 9.17. The summed E-state index contributed by atoms with van der Waals surface area (Å²) in [6.45, 7) is 1.93. The van der Waals surface area contributed by atoms with Crippen molar-refractivity contribution in [1.82, 2.24) is 0 Å². The van der Waals surface area contributed by atoms with Gasteiger partial charge in [0.25, 0.3) is 5.69 Å². The Labute approximate surface area is 113 Å². The summed E-state index contributed by atoms with van der Waals surface area (Å²) in [7, 11) is 0. The van der Waals surface area contributed by atoms with Gasteiger partial charge in [0.15, 0.2) is 0 Å². The number of non-ortho nitro benzene ring substituents is 1. The molecule has 1 saturated heterocycles. The molecule has 5 nitrogen and oxygen atoms in total. The lowest BCUT2D eigenvalue weighted by atomic mass is 10.1. The van der Waals surface area contributed by atoms with Crippen LogP contribution < -0.4 is 4.90 Å². The molecule has 1 aliphatic rings. The van der Waals surface area contributed by atoms with Gasteiger partial charge in [-0.2, -0.15) is 0 Å². The fourth-order valence-electron chi connectivity index (χ4n) is 2.07. The van der Waals surface area contributed by atoms with E-state index < -0.39 is 0 Å². The van der Waals surface area contributed by atoms with Gasteiger partial charge < -0.3 is 10.0 Å². The summed E-state index contributed by atoms with van der Waals surface area (Å²) >= 11 is 2.12. The van der Waals surface area contributed by atoms with Gasteiger partial charge in [-0.05, 0) is 35.1 Å². The molecule has 1 atom stereocenters. The number of halogens is 1. The molecular formula is C11H13IN2O3. The highest BCUT2D eigenvalue weighted by atomic mass is 127. The summed E-state index contributed by atoms with van der Waals surface area (Å²) in [6, 6.07) is 4.91. The predicted molar refractivity (Wildman–Crippen MR) is 73.2 cm³/mol. The maximum Gasteiger partial charge on any atom is 0.270 e. The van der Waals surface area contributed by atoms with Gasteiger partial charge in [-0.15, -0.1) is 0 Å². The number of benzene rings is 1. The topological polar surface area (TPSA) is 66.6 Å². The van der Waals surface area contributed by atoms with Crippen LogP contribution in [0, 0.1) is 19.6 Å². The highest BCUT2D eigenvalue weighted by Gasteiger charge is 2.23. The Morgan fingerprint density at radius 3 is 2.88 bits per heavy atom. The van der Waals surface area contributed by atoms with Gasteiger partial charge in [0, 0.05) is 41.3 Å². The summed E-state index contributed by atoms with van der Waals surface area (Å²) in [6.07, 6.45) is 0.976. The predicted octanol–water partition coefficient (Wildman–Crippen LogP) is 2.02. The molecule has 17 heavy (non-hydrogen) atoms. The van der Waals surface area contributed by atoms with Crippen molar-refractivity contribution < 1.29 is 10.0 Å². The van der Waals surface area contributed by atoms with Gasteiger partial charge in [-0.1, -0.05) is 0 Å². The molecule has 1 aliphatic heterocycles. The number of nitro benzene ring substituents is 1. The molecule has 0 spiro atoms. The fraction of sp³-hybridized carbons (Fsp3) is 0.455. The van der Waals surface area contributed by atoms with Gasteiger partial charge in [-0.25, -0.2) is 0 Å². The molecule has 1 N–H and O–H groups in total. The molecule has 0 aliphatic carbocycles. The second-order valence-electron chi connectivity index (χ2n) is 4.18. The molecule has 0 radical (unpaired) electrons. The smallest absolute Gasteiger partial charge is 0.270 e. The van der Waals surface area contributed by atoms with E-state index in [9.17, 15) is 10.1 Å². The molecule has 0 amide bonds. The minimum Gasteiger partial charge on any atom is -0.396 e. The number of hydrogen-bond acceptors (Lipinski definition) is 4. The lowest BCUT2D eigenvalue weighted by Gasteiger charge is -2.19. The lowest BCUT2D eigenvalue weighted by molar-refractivity contribution is -0.384. The van der Waals surface area contributed by atoms with E-state index in [4.69, 9.17) is 5.11 Å². The van der Waals surface area contributed by atoms with Crippen molar-refractivity contribution in [3.8, 4) is 0 Å². The van der Waals surface area contributed by atoms with Gasteiger partial charge >= 0.3 is 0 Å². The van der Waals surface area contributed by atoms with E-state index in [1.54, 1.807) is 12.1 Å². The van der Waals surface area contributed by atoms with Crippen LogP contribution in [0.25, 0.3) is 0 Å². The van der Waals surface area contributed by atoms with Crippen molar-refractivity contribution in [2.24, 2.45) is 5.92 Å². The summed E-state index contributed by atoms with van der Waals surface area (Å²) in [5.41, 5.74) is 1.14. The maximum atomic E-state index is 10.6. The molecule has 2 rings (SSSR count).